The van der Waals surface area contributed by atoms with E-state index in [2.05, 4.69) is 17.1 Å². The van der Waals surface area contributed by atoms with Gasteiger partial charge in [0.1, 0.15) is 6.54 Å². The highest BCUT2D eigenvalue weighted by Gasteiger charge is 2.22. The predicted octanol–water partition coefficient (Wildman–Crippen LogP) is 1.97. The molecule has 0 atom stereocenters. The van der Waals surface area contributed by atoms with Crippen LogP contribution in [0.15, 0.2) is 18.2 Å². The second-order valence-electron chi connectivity index (χ2n) is 7.10. The number of likely N-dealkylation sites (tertiary alicyclic amines) is 1. The molecule has 1 heterocycles. The molecule has 152 valence electrons. The van der Waals surface area contributed by atoms with Crippen molar-refractivity contribution >= 4 is 21.6 Å². The van der Waals surface area contributed by atoms with Crippen molar-refractivity contribution < 1.29 is 22.0 Å². The monoisotopic (exact) mass is 403 g/mol. The number of carbonyl (C=O) groups excluding carboxylic acids is 1. The Kier molecular flexibility index (Phi) is 7.55. The largest absolute Gasteiger partial charge is 0.354 e. The van der Waals surface area contributed by atoms with Gasteiger partial charge in [0.25, 0.3) is 0 Å². The number of carbonyl (C=O) groups is 1. The van der Waals surface area contributed by atoms with E-state index < -0.39 is 34.1 Å². The lowest BCUT2D eigenvalue weighted by atomic mass is 9.99. The van der Waals surface area contributed by atoms with Gasteiger partial charge in [0.15, 0.2) is 11.6 Å². The third-order valence-electron chi connectivity index (χ3n) is 4.73. The first-order valence-electron chi connectivity index (χ1n) is 9.08. The molecule has 1 aromatic rings. The molecule has 9 heteroatoms. The van der Waals surface area contributed by atoms with Crippen LogP contribution >= 0.6 is 0 Å². The zero-order valence-corrected chi connectivity index (χ0v) is 16.6. The first kappa shape index (κ1) is 21.6. The number of amides is 1. The highest BCUT2D eigenvalue weighted by Crippen LogP contribution is 2.20. The third-order valence-corrected chi connectivity index (χ3v) is 5.87. The lowest BCUT2D eigenvalue weighted by Crippen LogP contribution is -2.41. The number of sulfonamides is 1. The van der Waals surface area contributed by atoms with Crippen LogP contribution in [-0.4, -0.2) is 58.2 Å². The minimum atomic E-state index is -3.82. The Morgan fingerprint density at radius 2 is 1.93 bits per heavy atom. The molecule has 0 bridgehead atoms. The van der Waals surface area contributed by atoms with Crippen LogP contribution in [0.25, 0.3) is 0 Å². The minimum absolute atomic E-state index is 0.0889. The molecule has 6 nitrogen and oxygen atoms in total. The quantitative estimate of drug-likeness (QED) is 0.674. The van der Waals surface area contributed by atoms with E-state index in [-0.39, 0.29) is 5.69 Å². The summed E-state index contributed by atoms with van der Waals surface area (Å²) in [6.07, 6.45) is 4.05. The molecular formula is C18H27F2N3O3S. The Balaban J connectivity index is 1.84. The molecule has 1 aliphatic heterocycles. The summed E-state index contributed by atoms with van der Waals surface area (Å²) in [7, 11) is -3.82. The standard InChI is InChI=1S/C18H27F2N3O3S/c1-14-6-10-22(11-7-14)9-3-8-21-18(24)13-23(27(2,25)26)15-4-5-16(19)17(20)12-15/h4-5,12,14H,3,6-11,13H2,1-2H3,(H,21,24). The number of benzene rings is 1. The average molecular weight is 403 g/mol. The van der Waals surface area contributed by atoms with Crippen LogP contribution in [0.1, 0.15) is 26.2 Å². The van der Waals surface area contributed by atoms with E-state index in [1.165, 1.54) is 12.8 Å². The fraction of sp³-hybridized carbons (Fsp3) is 0.611. The average Bonchev–Trinajstić information content (AvgIpc) is 2.60. The van der Waals surface area contributed by atoms with Gasteiger partial charge in [0, 0.05) is 12.6 Å². The zero-order valence-electron chi connectivity index (χ0n) is 15.7. The number of anilines is 1. The van der Waals surface area contributed by atoms with Crippen LogP contribution in [0.2, 0.25) is 0 Å². The summed E-state index contributed by atoms with van der Waals surface area (Å²) in [6.45, 7) is 5.20. The number of hydrogen-bond donors (Lipinski definition) is 1. The molecule has 2 rings (SSSR count). The van der Waals surface area contributed by atoms with Gasteiger partial charge in [0.2, 0.25) is 15.9 Å². The summed E-state index contributed by atoms with van der Waals surface area (Å²) in [6, 6.07) is 2.73. The van der Waals surface area contributed by atoms with Gasteiger partial charge in [-0.05, 0) is 56.9 Å². The lowest BCUT2D eigenvalue weighted by Gasteiger charge is -2.30. The summed E-state index contributed by atoms with van der Waals surface area (Å²) in [4.78, 5) is 14.5. The number of nitrogens with one attached hydrogen (secondary N) is 1. The van der Waals surface area contributed by atoms with E-state index in [1.807, 2.05) is 0 Å². The lowest BCUT2D eigenvalue weighted by molar-refractivity contribution is -0.119. The maximum absolute atomic E-state index is 13.4. The van der Waals surface area contributed by atoms with Gasteiger partial charge in [-0.1, -0.05) is 6.92 Å². The van der Waals surface area contributed by atoms with E-state index in [0.717, 1.165) is 60.7 Å². The van der Waals surface area contributed by atoms with E-state index >= 15 is 0 Å². The summed E-state index contributed by atoms with van der Waals surface area (Å²) in [5.41, 5.74) is -0.0889. The van der Waals surface area contributed by atoms with Crippen molar-refractivity contribution in [1.29, 1.82) is 0 Å². The second kappa shape index (κ2) is 9.45. The van der Waals surface area contributed by atoms with Gasteiger partial charge in [-0.15, -0.1) is 0 Å². The second-order valence-corrected chi connectivity index (χ2v) is 9.00. The van der Waals surface area contributed by atoms with Gasteiger partial charge in [-0.25, -0.2) is 17.2 Å². The molecule has 1 N–H and O–H groups in total. The van der Waals surface area contributed by atoms with Crippen molar-refractivity contribution in [3.05, 3.63) is 29.8 Å². The summed E-state index contributed by atoms with van der Waals surface area (Å²) in [5.74, 6) is -1.97. The molecule has 1 aliphatic rings. The van der Waals surface area contributed by atoms with E-state index in [9.17, 15) is 22.0 Å². The molecule has 0 spiro atoms. The highest BCUT2D eigenvalue weighted by atomic mass is 32.2. The molecule has 0 aliphatic carbocycles. The molecule has 0 aromatic heterocycles. The summed E-state index contributed by atoms with van der Waals surface area (Å²) < 4.78 is 51.1. The fourth-order valence-electron chi connectivity index (χ4n) is 3.04. The van der Waals surface area contributed by atoms with Crippen molar-refractivity contribution in [3.8, 4) is 0 Å². The van der Waals surface area contributed by atoms with Crippen LogP contribution in [0.5, 0.6) is 0 Å². The van der Waals surface area contributed by atoms with E-state index in [0.29, 0.717) is 6.54 Å². The Bertz CT molecular complexity index is 750. The smallest absolute Gasteiger partial charge is 0.240 e. The van der Waals surface area contributed by atoms with E-state index in [4.69, 9.17) is 0 Å². The molecule has 0 saturated carbocycles. The summed E-state index contributed by atoms with van der Waals surface area (Å²) >= 11 is 0. The Labute approximate surface area is 159 Å². The van der Waals surface area contributed by atoms with Crippen molar-refractivity contribution in [3.63, 3.8) is 0 Å². The molecule has 0 unspecified atom stereocenters. The zero-order chi connectivity index (χ0) is 20.0. The van der Waals surface area contributed by atoms with Crippen molar-refractivity contribution in [2.45, 2.75) is 26.2 Å². The van der Waals surface area contributed by atoms with Crippen LogP contribution in [0, 0.1) is 17.6 Å². The van der Waals surface area contributed by atoms with Crippen molar-refractivity contribution in [2.24, 2.45) is 5.92 Å². The topological polar surface area (TPSA) is 69.7 Å². The van der Waals surface area contributed by atoms with Gasteiger partial charge in [0.05, 0.1) is 11.9 Å². The maximum atomic E-state index is 13.4. The van der Waals surface area contributed by atoms with Gasteiger partial charge < -0.3 is 10.2 Å². The SMILES string of the molecule is CC1CCN(CCCNC(=O)CN(c2ccc(F)c(F)c2)S(C)(=O)=O)CC1. The number of halogens is 2. The third kappa shape index (κ3) is 6.73. The molecule has 1 fully saturated rings. The Morgan fingerprint density at radius 3 is 2.52 bits per heavy atom. The molecule has 1 amide bonds. The normalized spacial score (nSPS) is 16.3. The first-order valence-corrected chi connectivity index (χ1v) is 10.9. The molecule has 0 radical (unpaired) electrons. The van der Waals surface area contributed by atoms with Crippen LogP contribution in [-0.2, 0) is 14.8 Å². The van der Waals surface area contributed by atoms with Crippen LogP contribution in [0.3, 0.4) is 0 Å². The highest BCUT2D eigenvalue weighted by molar-refractivity contribution is 7.92. The first-order chi connectivity index (χ1) is 12.7. The number of piperidine rings is 1. The van der Waals surface area contributed by atoms with Crippen LogP contribution < -0.4 is 9.62 Å². The summed E-state index contributed by atoms with van der Waals surface area (Å²) in [5, 5.41) is 2.69. The number of nitrogens with zero attached hydrogens (tertiary/aromatic N) is 2. The minimum Gasteiger partial charge on any atom is -0.354 e. The van der Waals surface area contributed by atoms with Crippen molar-refractivity contribution in [1.82, 2.24) is 10.2 Å². The van der Waals surface area contributed by atoms with Gasteiger partial charge in [-0.3, -0.25) is 9.10 Å². The van der Waals surface area contributed by atoms with Crippen LogP contribution in [0.4, 0.5) is 14.5 Å². The fourth-order valence-corrected chi connectivity index (χ4v) is 3.89. The molecule has 1 aromatic carbocycles. The molecular weight excluding hydrogens is 376 g/mol. The Hall–Kier alpha value is -1.74. The predicted molar refractivity (Wildman–Crippen MR) is 101 cm³/mol. The van der Waals surface area contributed by atoms with Crippen molar-refractivity contribution in [2.75, 3.05) is 43.3 Å². The number of hydrogen-bond acceptors (Lipinski definition) is 4. The van der Waals surface area contributed by atoms with E-state index in [1.54, 1.807) is 0 Å². The Morgan fingerprint density at radius 1 is 1.26 bits per heavy atom. The van der Waals surface area contributed by atoms with Gasteiger partial charge >= 0.3 is 0 Å². The van der Waals surface area contributed by atoms with Gasteiger partial charge in [-0.2, -0.15) is 0 Å². The molecule has 27 heavy (non-hydrogen) atoms. The molecule has 1 saturated heterocycles. The maximum Gasteiger partial charge on any atom is 0.240 e. The number of rotatable bonds is 8.